The predicted molar refractivity (Wildman–Crippen MR) is 69.1 cm³/mol. The van der Waals surface area contributed by atoms with Crippen LogP contribution in [0.3, 0.4) is 0 Å². The van der Waals surface area contributed by atoms with Crippen molar-refractivity contribution in [1.29, 1.82) is 0 Å². The van der Waals surface area contributed by atoms with E-state index >= 15 is 0 Å². The normalized spacial score (nSPS) is 14.4. The maximum Gasteiger partial charge on any atom is 0.240 e. The SMILES string of the molecule is CC(C)CN(C(=O)[C@H](N)C(C)(C)C)C(C)C. The third kappa shape index (κ3) is 4.52. The van der Waals surface area contributed by atoms with Gasteiger partial charge in [0, 0.05) is 12.6 Å². The summed E-state index contributed by atoms with van der Waals surface area (Å²) in [5.41, 5.74) is 5.84. The van der Waals surface area contributed by atoms with Crippen molar-refractivity contribution in [3.63, 3.8) is 0 Å². The molecule has 0 heterocycles. The summed E-state index contributed by atoms with van der Waals surface area (Å²) in [6.45, 7) is 15.1. The van der Waals surface area contributed by atoms with Gasteiger partial charge in [0.2, 0.25) is 5.91 Å². The lowest BCUT2D eigenvalue weighted by atomic mass is 9.86. The molecule has 3 heteroatoms. The number of hydrogen-bond donors (Lipinski definition) is 1. The molecule has 3 nitrogen and oxygen atoms in total. The molecule has 0 aromatic carbocycles. The lowest BCUT2D eigenvalue weighted by molar-refractivity contribution is -0.137. The summed E-state index contributed by atoms with van der Waals surface area (Å²) in [5.74, 6) is 0.537. The molecule has 0 rings (SSSR count). The Kier molecular flexibility index (Phi) is 5.47. The van der Waals surface area contributed by atoms with E-state index in [1.807, 2.05) is 39.5 Å². The number of carbonyl (C=O) groups excluding carboxylic acids is 1. The standard InChI is InChI=1S/C13H28N2O/c1-9(2)8-15(10(3)4)12(16)11(14)13(5,6)7/h9-11H,8,14H2,1-7H3/t11-/m0/s1. The maximum atomic E-state index is 12.3. The second-order valence-corrected chi connectivity index (χ2v) is 6.32. The van der Waals surface area contributed by atoms with Crippen molar-refractivity contribution < 1.29 is 4.79 Å². The van der Waals surface area contributed by atoms with Gasteiger partial charge in [-0.1, -0.05) is 34.6 Å². The van der Waals surface area contributed by atoms with Crippen LogP contribution < -0.4 is 5.73 Å². The van der Waals surface area contributed by atoms with Crippen LogP contribution in [0.15, 0.2) is 0 Å². The van der Waals surface area contributed by atoms with Gasteiger partial charge in [0.25, 0.3) is 0 Å². The van der Waals surface area contributed by atoms with E-state index in [9.17, 15) is 4.79 Å². The van der Waals surface area contributed by atoms with E-state index in [4.69, 9.17) is 5.73 Å². The van der Waals surface area contributed by atoms with Gasteiger partial charge in [0.1, 0.15) is 0 Å². The zero-order valence-corrected chi connectivity index (χ0v) is 11.9. The van der Waals surface area contributed by atoms with Gasteiger partial charge in [-0.2, -0.15) is 0 Å². The molecule has 1 atom stereocenters. The summed E-state index contributed by atoms with van der Waals surface area (Å²) in [5, 5.41) is 0. The highest BCUT2D eigenvalue weighted by atomic mass is 16.2. The van der Waals surface area contributed by atoms with Gasteiger partial charge in [-0.3, -0.25) is 4.79 Å². The highest BCUT2D eigenvalue weighted by Crippen LogP contribution is 2.20. The molecule has 0 spiro atoms. The highest BCUT2D eigenvalue weighted by Gasteiger charge is 2.32. The molecule has 0 aromatic rings. The Balaban J connectivity index is 4.75. The minimum absolute atomic E-state index is 0.0659. The minimum atomic E-state index is -0.423. The van der Waals surface area contributed by atoms with Crippen LogP contribution in [0.2, 0.25) is 0 Å². The van der Waals surface area contributed by atoms with Gasteiger partial charge < -0.3 is 10.6 Å². The molecule has 0 fully saturated rings. The Hall–Kier alpha value is -0.570. The Morgan fingerprint density at radius 2 is 1.62 bits per heavy atom. The van der Waals surface area contributed by atoms with E-state index in [1.54, 1.807) is 0 Å². The molecular formula is C13H28N2O. The van der Waals surface area contributed by atoms with Crippen LogP contribution in [0.25, 0.3) is 0 Å². The Labute approximate surface area is 100 Å². The molecular weight excluding hydrogens is 200 g/mol. The molecule has 0 radical (unpaired) electrons. The molecule has 0 aliphatic heterocycles. The van der Waals surface area contributed by atoms with Crippen LogP contribution in [0, 0.1) is 11.3 Å². The third-order valence-corrected chi connectivity index (χ3v) is 2.67. The largest absolute Gasteiger partial charge is 0.339 e. The average Bonchev–Trinajstić information content (AvgIpc) is 2.09. The number of hydrogen-bond acceptors (Lipinski definition) is 2. The van der Waals surface area contributed by atoms with Gasteiger partial charge >= 0.3 is 0 Å². The minimum Gasteiger partial charge on any atom is -0.339 e. The molecule has 0 unspecified atom stereocenters. The van der Waals surface area contributed by atoms with E-state index < -0.39 is 6.04 Å². The Morgan fingerprint density at radius 3 is 1.88 bits per heavy atom. The molecule has 0 aliphatic carbocycles. The summed E-state index contributed by atoms with van der Waals surface area (Å²) >= 11 is 0. The van der Waals surface area contributed by atoms with Gasteiger partial charge in [0.05, 0.1) is 6.04 Å². The van der Waals surface area contributed by atoms with Crippen LogP contribution in [0.4, 0.5) is 0 Å². The average molecular weight is 228 g/mol. The van der Waals surface area contributed by atoms with E-state index in [0.29, 0.717) is 5.92 Å². The zero-order valence-electron chi connectivity index (χ0n) is 11.9. The summed E-state index contributed by atoms with van der Waals surface area (Å²) in [6, 6.07) is -0.211. The second-order valence-electron chi connectivity index (χ2n) is 6.32. The van der Waals surface area contributed by atoms with Crippen LogP contribution in [-0.4, -0.2) is 29.4 Å². The lowest BCUT2D eigenvalue weighted by Gasteiger charge is -2.35. The predicted octanol–water partition coefficient (Wildman–Crippen LogP) is 2.25. The van der Waals surface area contributed by atoms with Gasteiger partial charge in [-0.05, 0) is 25.2 Å². The fourth-order valence-electron chi connectivity index (χ4n) is 1.50. The summed E-state index contributed by atoms with van der Waals surface area (Å²) in [7, 11) is 0. The molecule has 0 bridgehead atoms. The molecule has 96 valence electrons. The van der Waals surface area contributed by atoms with Crippen LogP contribution >= 0.6 is 0 Å². The maximum absolute atomic E-state index is 12.3. The Bertz CT molecular complexity index is 229. The van der Waals surface area contributed by atoms with Gasteiger partial charge in [-0.25, -0.2) is 0 Å². The first-order valence-electron chi connectivity index (χ1n) is 6.13. The first-order valence-corrected chi connectivity index (χ1v) is 6.13. The van der Waals surface area contributed by atoms with Gasteiger partial charge in [0.15, 0.2) is 0 Å². The first kappa shape index (κ1) is 15.4. The smallest absolute Gasteiger partial charge is 0.240 e. The molecule has 0 aliphatic rings. The van der Waals surface area contributed by atoms with E-state index in [-0.39, 0.29) is 17.4 Å². The van der Waals surface area contributed by atoms with Crippen molar-refractivity contribution in [1.82, 2.24) is 4.90 Å². The van der Waals surface area contributed by atoms with Crippen LogP contribution in [-0.2, 0) is 4.79 Å². The van der Waals surface area contributed by atoms with Gasteiger partial charge in [-0.15, -0.1) is 0 Å². The van der Waals surface area contributed by atoms with Crippen molar-refractivity contribution in [3.8, 4) is 0 Å². The number of nitrogens with zero attached hydrogens (tertiary/aromatic N) is 1. The first-order chi connectivity index (χ1) is 7.07. The second kappa shape index (κ2) is 5.67. The van der Waals surface area contributed by atoms with E-state index in [0.717, 1.165) is 6.54 Å². The summed E-state index contributed by atoms with van der Waals surface area (Å²) in [4.78, 5) is 14.2. The lowest BCUT2D eigenvalue weighted by Crippen LogP contribution is -2.53. The molecule has 2 N–H and O–H groups in total. The van der Waals surface area contributed by atoms with Crippen LogP contribution in [0.5, 0.6) is 0 Å². The number of amides is 1. The molecule has 1 amide bonds. The molecule has 0 saturated heterocycles. The fourth-order valence-corrected chi connectivity index (χ4v) is 1.50. The third-order valence-electron chi connectivity index (χ3n) is 2.67. The van der Waals surface area contributed by atoms with E-state index in [1.165, 1.54) is 0 Å². The summed E-state index contributed by atoms with van der Waals surface area (Å²) < 4.78 is 0. The van der Waals surface area contributed by atoms with Crippen molar-refractivity contribution in [2.24, 2.45) is 17.1 Å². The number of rotatable bonds is 4. The van der Waals surface area contributed by atoms with Crippen molar-refractivity contribution in [2.45, 2.75) is 60.5 Å². The fraction of sp³-hybridized carbons (Fsp3) is 0.923. The quantitative estimate of drug-likeness (QED) is 0.802. The highest BCUT2D eigenvalue weighted by molar-refractivity contribution is 5.82. The molecule has 0 aromatic heterocycles. The molecule has 0 saturated carbocycles. The van der Waals surface area contributed by atoms with Crippen molar-refractivity contribution >= 4 is 5.91 Å². The monoisotopic (exact) mass is 228 g/mol. The number of carbonyl (C=O) groups is 1. The zero-order chi connectivity index (χ0) is 13.1. The van der Waals surface area contributed by atoms with E-state index in [2.05, 4.69) is 13.8 Å². The molecule has 16 heavy (non-hydrogen) atoms. The topological polar surface area (TPSA) is 46.3 Å². The van der Waals surface area contributed by atoms with Crippen LogP contribution in [0.1, 0.15) is 48.5 Å². The van der Waals surface area contributed by atoms with Crippen molar-refractivity contribution in [2.75, 3.05) is 6.54 Å². The Morgan fingerprint density at radius 1 is 1.19 bits per heavy atom. The number of nitrogens with two attached hydrogens (primary N) is 1. The summed E-state index contributed by atoms with van der Waals surface area (Å²) in [6.07, 6.45) is 0. The van der Waals surface area contributed by atoms with Crippen molar-refractivity contribution in [3.05, 3.63) is 0 Å².